The summed E-state index contributed by atoms with van der Waals surface area (Å²) < 4.78 is 13.4. The topological polar surface area (TPSA) is 78.4 Å². The number of carboxylic acid groups (broad SMARTS) is 1. The van der Waals surface area contributed by atoms with Crippen LogP contribution in [0, 0.1) is 5.82 Å². The van der Waals surface area contributed by atoms with Gasteiger partial charge in [0.1, 0.15) is 11.4 Å². The molecule has 0 aliphatic rings. The van der Waals surface area contributed by atoms with Crippen molar-refractivity contribution in [1.29, 1.82) is 0 Å². The summed E-state index contributed by atoms with van der Waals surface area (Å²) in [4.78, 5) is 22.9. The van der Waals surface area contributed by atoms with Crippen LogP contribution in [-0.4, -0.2) is 22.6 Å². The highest BCUT2D eigenvalue weighted by molar-refractivity contribution is 5.85. The lowest BCUT2D eigenvalue weighted by Gasteiger charge is -2.25. The van der Waals surface area contributed by atoms with E-state index in [1.165, 1.54) is 13.0 Å². The third kappa shape index (κ3) is 4.22. The lowest BCUT2D eigenvalue weighted by Crippen LogP contribution is -2.55. The molecule has 0 fully saturated rings. The number of nitrogens with one attached hydrogen (secondary N) is 2. The molecule has 0 saturated heterocycles. The average molecular weight is 282 g/mol. The van der Waals surface area contributed by atoms with Crippen molar-refractivity contribution in [2.75, 3.05) is 0 Å². The number of amides is 2. The summed E-state index contributed by atoms with van der Waals surface area (Å²) in [5.41, 5.74) is -0.983. The van der Waals surface area contributed by atoms with Crippen molar-refractivity contribution in [2.45, 2.75) is 38.8 Å². The zero-order valence-corrected chi connectivity index (χ0v) is 11.6. The van der Waals surface area contributed by atoms with Crippen molar-refractivity contribution in [3.63, 3.8) is 0 Å². The van der Waals surface area contributed by atoms with E-state index in [9.17, 15) is 14.0 Å². The molecule has 0 saturated carbocycles. The van der Waals surface area contributed by atoms with Crippen LogP contribution in [0.5, 0.6) is 0 Å². The number of urea groups is 1. The van der Waals surface area contributed by atoms with Crippen LogP contribution >= 0.6 is 0 Å². The van der Waals surface area contributed by atoms with Crippen LogP contribution < -0.4 is 10.6 Å². The predicted octanol–water partition coefficient (Wildman–Crippen LogP) is 2.27. The molecule has 1 unspecified atom stereocenters. The summed E-state index contributed by atoms with van der Waals surface area (Å²) in [6, 6.07) is 5.44. The van der Waals surface area contributed by atoms with Crippen LogP contribution in [0.15, 0.2) is 24.3 Å². The fourth-order valence-electron chi connectivity index (χ4n) is 1.83. The maximum Gasteiger partial charge on any atom is 0.329 e. The average Bonchev–Trinajstić information content (AvgIpc) is 2.38. The maximum absolute atomic E-state index is 13.4. The van der Waals surface area contributed by atoms with Gasteiger partial charge in [-0.1, -0.05) is 31.5 Å². The second-order valence-electron chi connectivity index (χ2n) is 4.79. The van der Waals surface area contributed by atoms with Gasteiger partial charge < -0.3 is 15.7 Å². The van der Waals surface area contributed by atoms with Gasteiger partial charge in [-0.3, -0.25) is 0 Å². The quantitative estimate of drug-likeness (QED) is 0.749. The second kappa shape index (κ2) is 6.88. The number of hydrogen-bond acceptors (Lipinski definition) is 2. The number of carboxylic acids is 1. The highest BCUT2D eigenvalue weighted by Crippen LogP contribution is 2.12. The van der Waals surface area contributed by atoms with Gasteiger partial charge in [0.15, 0.2) is 0 Å². The predicted molar refractivity (Wildman–Crippen MR) is 72.7 cm³/mol. The van der Waals surface area contributed by atoms with Crippen LogP contribution in [0.3, 0.4) is 0 Å². The Bertz CT molecular complexity index is 493. The van der Waals surface area contributed by atoms with E-state index in [1.54, 1.807) is 18.2 Å². The van der Waals surface area contributed by atoms with Gasteiger partial charge >= 0.3 is 12.0 Å². The van der Waals surface area contributed by atoms with Crippen LogP contribution in [0.4, 0.5) is 9.18 Å². The summed E-state index contributed by atoms with van der Waals surface area (Å²) in [6.45, 7) is 3.28. The van der Waals surface area contributed by atoms with Gasteiger partial charge in [0.2, 0.25) is 0 Å². The van der Waals surface area contributed by atoms with E-state index in [0.29, 0.717) is 18.4 Å². The van der Waals surface area contributed by atoms with Crippen LogP contribution in [0.25, 0.3) is 0 Å². The third-order valence-electron chi connectivity index (χ3n) is 3.01. The van der Waals surface area contributed by atoms with E-state index in [2.05, 4.69) is 10.6 Å². The summed E-state index contributed by atoms with van der Waals surface area (Å²) in [5.74, 6) is -1.51. The van der Waals surface area contributed by atoms with E-state index in [1.807, 2.05) is 6.92 Å². The van der Waals surface area contributed by atoms with Crippen molar-refractivity contribution in [1.82, 2.24) is 10.6 Å². The van der Waals surface area contributed by atoms with Gasteiger partial charge in [0, 0.05) is 12.1 Å². The Hall–Kier alpha value is -2.11. The molecule has 5 nitrogen and oxygen atoms in total. The molecule has 0 aliphatic heterocycles. The van der Waals surface area contributed by atoms with Crippen LogP contribution in [0.1, 0.15) is 32.3 Å². The first-order chi connectivity index (χ1) is 9.39. The Morgan fingerprint density at radius 2 is 2.00 bits per heavy atom. The number of rotatable bonds is 6. The van der Waals surface area contributed by atoms with Crippen molar-refractivity contribution in [3.8, 4) is 0 Å². The summed E-state index contributed by atoms with van der Waals surface area (Å²) in [6.07, 6.45) is 0.936. The molecule has 0 aliphatic carbocycles. The maximum atomic E-state index is 13.4. The van der Waals surface area contributed by atoms with Gasteiger partial charge in [-0.05, 0) is 19.4 Å². The van der Waals surface area contributed by atoms with E-state index in [4.69, 9.17) is 5.11 Å². The lowest BCUT2D eigenvalue weighted by atomic mass is 9.97. The molecule has 0 radical (unpaired) electrons. The molecule has 0 bridgehead atoms. The zero-order chi connectivity index (χ0) is 15.2. The number of benzene rings is 1. The molecule has 6 heteroatoms. The van der Waals surface area contributed by atoms with Crippen LogP contribution in [0.2, 0.25) is 0 Å². The van der Waals surface area contributed by atoms with E-state index in [-0.39, 0.29) is 6.54 Å². The first-order valence-corrected chi connectivity index (χ1v) is 6.42. The molecule has 0 heterocycles. The Balaban J connectivity index is 2.59. The van der Waals surface area contributed by atoms with Crippen molar-refractivity contribution in [3.05, 3.63) is 35.6 Å². The minimum atomic E-state index is -1.33. The normalized spacial score (nSPS) is 13.3. The van der Waals surface area contributed by atoms with Gasteiger partial charge in [0.25, 0.3) is 0 Å². The number of carbonyl (C=O) groups excluding carboxylic acids is 1. The Kier molecular flexibility index (Phi) is 5.49. The van der Waals surface area contributed by atoms with E-state index in [0.717, 1.165) is 0 Å². The minimum Gasteiger partial charge on any atom is -0.480 e. The van der Waals surface area contributed by atoms with Gasteiger partial charge in [-0.25, -0.2) is 14.0 Å². The van der Waals surface area contributed by atoms with Gasteiger partial charge in [-0.2, -0.15) is 0 Å². The Morgan fingerprint density at radius 1 is 1.35 bits per heavy atom. The van der Waals surface area contributed by atoms with Crippen LogP contribution in [-0.2, 0) is 11.3 Å². The van der Waals surface area contributed by atoms with Gasteiger partial charge in [-0.15, -0.1) is 0 Å². The first-order valence-electron chi connectivity index (χ1n) is 6.42. The smallest absolute Gasteiger partial charge is 0.329 e. The summed E-state index contributed by atoms with van der Waals surface area (Å²) in [7, 11) is 0. The Morgan fingerprint density at radius 3 is 2.55 bits per heavy atom. The van der Waals surface area contributed by atoms with E-state index < -0.39 is 23.4 Å². The molecule has 0 aromatic heterocycles. The van der Waals surface area contributed by atoms with Crippen molar-refractivity contribution in [2.24, 2.45) is 0 Å². The largest absolute Gasteiger partial charge is 0.480 e. The second-order valence-corrected chi connectivity index (χ2v) is 4.79. The van der Waals surface area contributed by atoms with Gasteiger partial charge in [0.05, 0.1) is 0 Å². The molecular weight excluding hydrogens is 263 g/mol. The SMILES string of the molecule is CCCC(C)(NC(=O)NCc1ccccc1F)C(=O)O. The molecule has 110 valence electrons. The Labute approximate surface area is 117 Å². The molecule has 20 heavy (non-hydrogen) atoms. The monoisotopic (exact) mass is 282 g/mol. The summed E-state index contributed by atoms with van der Waals surface area (Å²) >= 11 is 0. The molecule has 3 N–H and O–H groups in total. The third-order valence-corrected chi connectivity index (χ3v) is 3.01. The molecular formula is C14H19FN2O3. The fraction of sp³-hybridized carbons (Fsp3) is 0.429. The lowest BCUT2D eigenvalue weighted by molar-refractivity contribution is -0.144. The number of hydrogen-bond donors (Lipinski definition) is 3. The molecule has 1 aromatic carbocycles. The zero-order valence-electron chi connectivity index (χ0n) is 11.6. The highest BCUT2D eigenvalue weighted by atomic mass is 19.1. The van der Waals surface area contributed by atoms with Crippen molar-refractivity contribution >= 4 is 12.0 Å². The first kappa shape index (κ1) is 15.9. The number of carbonyl (C=O) groups is 2. The van der Waals surface area contributed by atoms with Crippen molar-refractivity contribution < 1.29 is 19.1 Å². The fourth-order valence-corrected chi connectivity index (χ4v) is 1.83. The molecule has 1 rings (SSSR count). The van der Waals surface area contributed by atoms with E-state index >= 15 is 0 Å². The molecule has 1 aromatic rings. The minimum absolute atomic E-state index is 0.000328. The standard InChI is InChI=1S/C14H19FN2O3/c1-3-8-14(2,12(18)19)17-13(20)16-9-10-6-4-5-7-11(10)15/h4-7H,3,8-9H2,1-2H3,(H,18,19)(H2,16,17,20). The molecule has 2 amide bonds. The molecule has 0 spiro atoms. The number of halogens is 1. The number of aliphatic carboxylic acids is 1. The summed E-state index contributed by atoms with van der Waals surface area (Å²) in [5, 5.41) is 14.0. The molecule has 1 atom stereocenters. The highest BCUT2D eigenvalue weighted by Gasteiger charge is 2.33.